The van der Waals surface area contributed by atoms with Crippen molar-refractivity contribution in [1.82, 2.24) is 10.6 Å². The van der Waals surface area contributed by atoms with Gasteiger partial charge >= 0.3 is 0 Å². The molecule has 0 aliphatic rings. The number of carbonyl (C=O) groups excluding carboxylic acids is 2. The van der Waals surface area contributed by atoms with E-state index in [9.17, 15) is 9.59 Å². The lowest BCUT2D eigenvalue weighted by Crippen LogP contribution is -2.48. The van der Waals surface area contributed by atoms with Crippen LogP contribution in [0.25, 0.3) is 0 Å². The Bertz CT molecular complexity index is 547. The first-order valence-corrected chi connectivity index (χ1v) is 8.49. The van der Waals surface area contributed by atoms with Crippen LogP contribution in [0, 0.1) is 5.92 Å². The van der Waals surface area contributed by atoms with Crippen LogP contribution in [-0.2, 0) is 15.0 Å². The predicted octanol–water partition coefficient (Wildman–Crippen LogP) is 2.36. The van der Waals surface area contributed by atoms with Gasteiger partial charge in [-0.05, 0) is 23.6 Å². The molecule has 0 saturated carbocycles. The molecule has 0 saturated heterocycles. The largest absolute Gasteiger partial charge is 0.354 e. The average Bonchev–Trinajstić information content (AvgIpc) is 2.50. The molecule has 0 fully saturated rings. The highest BCUT2D eigenvalue weighted by Crippen LogP contribution is 2.23. The Morgan fingerprint density at radius 3 is 2.21 bits per heavy atom. The Morgan fingerprint density at radius 1 is 1.17 bits per heavy atom. The van der Waals surface area contributed by atoms with E-state index in [4.69, 9.17) is 5.73 Å². The molecular weight excluding hydrogens is 394 g/mol. The van der Waals surface area contributed by atoms with Crippen molar-refractivity contribution in [3.8, 4) is 0 Å². The average molecular weight is 421 g/mol. The monoisotopic (exact) mass is 419 g/mol. The van der Waals surface area contributed by atoms with Crippen LogP contribution in [0.3, 0.4) is 0 Å². The van der Waals surface area contributed by atoms with E-state index in [0.29, 0.717) is 6.54 Å². The second-order valence-corrected chi connectivity index (χ2v) is 7.57. The quantitative estimate of drug-likeness (QED) is 0.633. The van der Waals surface area contributed by atoms with E-state index in [2.05, 4.69) is 40.4 Å². The van der Waals surface area contributed by atoms with Gasteiger partial charge in [-0.2, -0.15) is 0 Å². The van der Waals surface area contributed by atoms with Crippen molar-refractivity contribution in [2.75, 3.05) is 13.1 Å². The van der Waals surface area contributed by atoms with Crippen LogP contribution in [0.5, 0.6) is 0 Å². The molecule has 1 aromatic rings. The summed E-state index contributed by atoms with van der Waals surface area (Å²) in [5.41, 5.74) is 6.66. The maximum absolute atomic E-state index is 11.9. The molecule has 4 N–H and O–H groups in total. The lowest BCUT2D eigenvalue weighted by Gasteiger charge is -2.26. The summed E-state index contributed by atoms with van der Waals surface area (Å²) in [7, 11) is 0. The van der Waals surface area contributed by atoms with Gasteiger partial charge in [0.15, 0.2) is 0 Å². The van der Waals surface area contributed by atoms with Crippen LogP contribution in [0.15, 0.2) is 28.7 Å². The zero-order chi connectivity index (χ0) is 17.6. The van der Waals surface area contributed by atoms with Gasteiger partial charge in [0.25, 0.3) is 0 Å². The smallest absolute Gasteiger partial charge is 0.239 e. The molecule has 0 spiro atoms. The normalized spacial score (nSPS) is 12.3. The minimum atomic E-state index is -0.595. The van der Waals surface area contributed by atoms with Crippen LogP contribution in [-0.4, -0.2) is 30.9 Å². The van der Waals surface area contributed by atoms with E-state index in [1.54, 1.807) is 0 Å². The molecule has 0 bridgehead atoms. The van der Waals surface area contributed by atoms with Gasteiger partial charge in [0.2, 0.25) is 11.8 Å². The van der Waals surface area contributed by atoms with E-state index in [1.165, 1.54) is 0 Å². The first kappa shape index (κ1) is 22.9. The first-order chi connectivity index (χ1) is 10.6. The zero-order valence-corrected chi connectivity index (χ0v) is 17.0. The second-order valence-electron chi connectivity index (χ2n) is 6.66. The Labute approximate surface area is 158 Å². The molecule has 24 heavy (non-hydrogen) atoms. The molecule has 2 amide bonds. The summed E-state index contributed by atoms with van der Waals surface area (Å²) in [6.07, 6.45) is 0. The number of benzene rings is 1. The highest BCUT2D eigenvalue weighted by molar-refractivity contribution is 9.10. The molecule has 5 nitrogen and oxygen atoms in total. The maximum atomic E-state index is 11.9. The maximum Gasteiger partial charge on any atom is 0.239 e. The third-order valence-corrected chi connectivity index (χ3v) is 4.33. The van der Waals surface area contributed by atoms with E-state index in [0.717, 1.165) is 10.0 Å². The van der Waals surface area contributed by atoms with E-state index >= 15 is 0 Å². The number of amides is 2. The summed E-state index contributed by atoms with van der Waals surface area (Å²) >= 11 is 3.41. The fourth-order valence-electron chi connectivity index (χ4n) is 1.97. The molecular formula is C17H27BrClN3O2. The van der Waals surface area contributed by atoms with Gasteiger partial charge in [0, 0.05) is 16.4 Å². The van der Waals surface area contributed by atoms with Crippen molar-refractivity contribution in [2.24, 2.45) is 11.7 Å². The molecule has 1 aromatic carbocycles. The number of rotatable bonds is 7. The van der Waals surface area contributed by atoms with Gasteiger partial charge in [-0.25, -0.2) is 0 Å². The predicted molar refractivity (Wildman–Crippen MR) is 103 cm³/mol. The van der Waals surface area contributed by atoms with E-state index in [-0.39, 0.29) is 42.1 Å². The molecule has 0 unspecified atom stereocenters. The molecule has 7 heteroatoms. The number of carbonyl (C=O) groups is 2. The second kappa shape index (κ2) is 10.0. The van der Waals surface area contributed by atoms with Crippen molar-refractivity contribution < 1.29 is 9.59 Å². The molecule has 0 heterocycles. The molecule has 0 aromatic heterocycles. The Kier molecular flexibility index (Phi) is 9.55. The highest BCUT2D eigenvalue weighted by atomic mass is 79.9. The summed E-state index contributed by atoms with van der Waals surface area (Å²) in [6.45, 7) is 8.28. The van der Waals surface area contributed by atoms with Crippen LogP contribution in [0.1, 0.15) is 33.3 Å². The Hall–Kier alpha value is -1.11. The minimum absolute atomic E-state index is 0. The lowest BCUT2D eigenvalue weighted by molar-refractivity contribution is -0.127. The first-order valence-electron chi connectivity index (χ1n) is 7.69. The Balaban J connectivity index is 0.00000529. The summed E-state index contributed by atoms with van der Waals surface area (Å²) in [4.78, 5) is 23.6. The minimum Gasteiger partial charge on any atom is -0.354 e. The number of halogens is 2. The van der Waals surface area contributed by atoms with Gasteiger partial charge in [-0.15, -0.1) is 12.4 Å². The number of hydrogen-bond donors (Lipinski definition) is 3. The molecule has 1 rings (SSSR count). The van der Waals surface area contributed by atoms with Crippen molar-refractivity contribution in [2.45, 2.75) is 39.2 Å². The SMILES string of the molecule is CC(C)[C@H](N)C(=O)NCC(=O)NCC(C)(C)c1ccc(Br)cc1.Cl. The standard InChI is InChI=1S/C17H26BrN3O2.ClH/c1-11(2)15(19)16(23)20-9-14(22)21-10-17(3,4)12-5-7-13(18)8-6-12;/h5-8,11,15H,9-10,19H2,1-4H3,(H,20,23)(H,21,22);1H/t15-;/m0./s1. The Morgan fingerprint density at radius 2 is 1.71 bits per heavy atom. The van der Waals surface area contributed by atoms with Crippen LogP contribution >= 0.6 is 28.3 Å². The highest BCUT2D eigenvalue weighted by Gasteiger charge is 2.22. The van der Waals surface area contributed by atoms with Gasteiger partial charge in [-0.3, -0.25) is 9.59 Å². The topological polar surface area (TPSA) is 84.2 Å². The molecule has 1 atom stereocenters. The summed E-state index contributed by atoms with van der Waals surface area (Å²) in [6, 6.07) is 7.42. The van der Waals surface area contributed by atoms with Crippen LogP contribution in [0.2, 0.25) is 0 Å². The van der Waals surface area contributed by atoms with Crippen molar-refractivity contribution >= 4 is 40.2 Å². The van der Waals surface area contributed by atoms with Crippen molar-refractivity contribution in [3.63, 3.8) is 0 Å². The fraction of sp³-hybridized carbons (Fsp3) is 0.529. The van der Waals surface area contributed by atoms with E-state index < -0.39 is 6.04 Å². The third kappa shape index (κ3) is 7.20. The number of nitrogens with two attached hydrogens (primary N) is 1. The summed E-state index contributed by atoms with van der Waals surface area (Å²) in [5.74, 6) is -0.490. The lowest BCUT2D eigenvalue weighted by atomic mass is 9.84. The summed E-state index contributed by atoms with van der Waals surface area (Å²) < 4.78 is 1.02. The van der Waals surface area contributed by atoms with E-state index in [1.807, 2.05) is 38.1 Å². The van der Waals surface area contributed by atoms with Crippen molar-refractivity contribution in [1.29, 1.82) is 0 Å². The summed E-state index contributed by atoms with van der Waals surface area (Å²) in [5, 5.41) is 5.42. The molecule has 0 radical (unpaired) electrons. The van der Waals surface area contributed by atoms with Crippen LogP contribution in [0.4, 0.5) is 0 Å². The number of hydrogen-bond acceptors (Lipinski definition) is 3. The molecule has 136 valence electrons. The fourth-order valence-corrected chi connectivity index (χ4v) is 2.24. The number of nitrogens with one attached hydrogen (secondary N) is 2. The molecule has 0 aliphatic carbocycles. The van der Waals surface area contributed by atoms with Gasteiger partial charge in [0.05, 0.1) is 12.6 Å². The van der Waals surface area contributed by atoms with Gasteiger partial charge in [0.1, 0.15) is 0 Å². The zero-order valence-electron chi connectivity index (χ0n) is 14.6. The third-order valence-electron chi connectivity index (χ3n) is 3.80. The van der Waals surface area contributed by atoms with Gasteiger partial charge < -0.3 is 16.4 Å². The van der Waals surface area contributed by atoms with Crippen molar-refractivity contribution in [3.05, 3.63) is 34.3 Å². The molecule has 0 aliphatic heterocycles. The van der Waals surface area contributed by atoms with Crippen LogP contribution < -0.4 is 16.4 Å². The van der Waals surface area contributed by atoms with Gasteiger partial charge in [-0.1, -0.05) is 55.8 Å².